The van der Waals surface area contributed by atoms with Gasteiger partial charge in [0, 0.05) is 16.6 Å². The number of aromatic nitrogens is 1. The second-order valence-electron chi connectivity index (χ2n) is 6.13. The van der Waals surface area contributed by atoms with Gasteiger partial charge in [-0.3, -0.25) is 4.79 Å². The summed E-state index contributed by atoms with van der Waals surface area (Å²) in [6.45, 7) is 2.03. The number of ether oxygens (including phenoxy) is 1. The topological polar surface area (TPSA) is 97.2 Å². The van der Waals surface area contributed by atoms with Crippen LogP contribution in [0.4, 0.5) is 10.1 Å². The molecule has 0 aliphatic carbocycles. The Balaban J connectivity index is 1.68. The maximum absolute atomic E-state index is 13.0. The molecule has 3 aromatic rings. The highest BCUT2D eigenvalue weighted by Crippen LogP contribution is 2.21. The van der Waals surface area contributed by atoms with Crippen LogP contribution in [0, 0.1) is 5.82 Å². The third-order valence-corrected chi connectivity index (χ3v) is 4.09. The monoisotopic (exact) mass is 369 g/mol. The number of nitrogens with one attached hydrogen (secondary N) is 2. The number of nitrogens with two attached hydrogens (primary N) is 1. The number of amides is 1. The first-order valence-corrected chi connectivity index (χ1v) is 8.57. The van der Waals surface area contributed by atoms with E-state index in [1.165, 1.54) is 12.1 Å². The summed E-state index contributed by atoms with van der Waals surface area (Å²) in [5.41, 5.74) is 8.40. The third-order valence-electron chi connectivity index (χ3n) is 4.09. The zero-order valence-electron chi connectivity index (χ0n) is 14.8. The number of rotatable bonds is 6. The zero-order valence-corrected chi connectivity index (χ0v) is 14.8. The summed E-state index contributed by atoms with van der Waals surface area (Å²) in [6, 6.07) is 12.0. The van der Waals surface area contributed by atoms with Crippen LogP contribution in [-0.2, 0) is 16.0 Å². The number of anilines is 1. The average Bonchev–Trinajstić information content (AvgIpc) is 3.07. The fourth-order valence-corrected chi connectivity index (χ4v) is 2.73. The number of esters is 1. The van der Waals surface area contributed by atoms with E-state index in [2.05, 4.69) is 10.3 Å². The summed E-state index contributed by atoms with van der Waals surface area (Å²) in [6.07, 6.45) is 0.297. The maximum atomic E-state index is 13.0. The molecule has 6 nitrogen and oxygen atoms in total. The molecule has 0 spiro atoms. The van der Waals surface area contributed by atoms with Crippen molar-refractivity contribution in [2.75, 3.05) is 11.9 Å². The van der Waals surface area contributed by atoms with E-state index in [9.17, 15) is 14.0 Å². The number of carbonyl (C=O) groups excluding carboxylic acids is 2. The van der Waals surface area contributed by atoms with Crippen LogP contribution in [0.3, 0.4) is 0 Å². The molecular formula is C20H20FN3O3. The van der Waals surface area contributed by atoms with E-state index in [4.69, 9.17) is 10.5 Å². The van der Waals surface area contributed by atoms with Gasteiger partial charge in [-0.15, -0.1) is 0 Å². The number of hydrogen-bond acceptors (Lipinski definition) is 4. The molecule has 7 heteroatoms. The SMILES string of the molecule is CCOC(=O)c1cc2cc(NC(=O)C(N)Cc3ccc(F)cc3)ccc2[nH]1. The fourth-order valence-electron chi connectivity index (χ4n) is 2.73. The van der Waals surface area contributed by atoms with Crippen molar-refractivity contribution in [3.05, 3.63) is 65.6 Å². The summed E-state index contributed by atoms with van der Waals surface area (Å²) in [7, 11) is 0. The summed E-state index contributed by atoms with van der Waals surface area (Å²) >= 11 is 0. The Morgan fingerprint density at radius 1 is 1.19 bits per heavy atom. The van der Waals surface area contributed by atoms with Gasteiger partial charge in [-0.2, -0.15) is 0 Å². The number of carbonyl (C=O) groups is 2. The fraction of sp³-hybridized carbons (Fsp3) is 0.200. The van der Waals surface area contributed by atoms with Crippen LogP contribution < -0.4 is 11.1 Å². The molecule has 0 bridgehead atoms. The predicted molar refractivity (Wildman–Crippen MR) is 101 cm³/mol. The normalized spacial score (nSPS) is 12.0. The largest absolute Gasteiger partial charge is 0.461 e. The molecule has 4 N–H and O–H groups in total. The van der Waals surface area contributed by atoms with E-state index >= 15 is 0 Å². The Morgan fingerprint density at radius 2 is 1.93 bits per heavy atom. The van der Waals surface area contributed by atoms with E-state index in [-0.39, 0.29) is 11.7 Å². The standard InChI is InChI=1S/C20H20FN3O3/c1-2-27-20(26)18-11-13-10-15(7-8-17(13)24-18)23-19(25)16(22)9-12-3-5-14(21)6-4-12/h3-8,10-11,16,24H,2,9,22H2,1H3,(H,23,25). The number of aromatic amines is 1. The molecule has 0 radical (unpaired) electrons. The quantitative estimate of drug-likeness (QED) is 0.582. The van der Waals surface area contributed by atoms with Crippen molar-refractivity contribution in [1.82, 2.24) is 4.98 Å². The van der Waals surface area contributed by atoms with Crippen LogP contribution >= 0.6 is 0 Å². The minimum Gasteiger partial charge on any atom is -0.461 e. The van der Waals surface area contributed by atoms with Gasteiger partial charge in [-0.25, -0.2) is 9.18 Å². The van der Waals surface area contributed by atoms with Gasteiger partial charge in [-0.05, 0) is 55.3 Å². The van der Waals surface area contributed by atoms with Gasteiger partial charge in [0.05, 0.1) is 12.6 Å². The van der Waals surface area contributed by atoms with E-state index in [1.807, 2.05) is 0 Å². The summed E-state index contributed by atoms with van der Waals surface area (Å²) < 4.78 is 17.9. The lowest BCUT2D eigenvalue weighted by Gasteiger charge is -2.12. The molecule has 1 aromatic heterocycles. The number of H-pyrrole nitrogens is 1. The molecule has 2 aromatic carbocycles. The van der Waals surface area contributed by atoms with Crippen molar-refractivity contribution in [2.45, 2.75) is 19.4 Å². The van der Waals surface area contributed by atoms with Gasteiger partial charge >= 0.3 is 5.97 Å². The highest BCUT2D eigenvalue weighted by atomic mass is 19.1. The Hall–Kier alpha value is -3.19. The van der Waals surface area contributed by atoms with Gasteiger partial charge in [0.15, 0.2) is 0 Å². The Bertz CT molecular complexity index is 966. The van der Waals surface area contributed by atoms with Gasteiger partial charge in [0.2, 0.25) is 5.91 Å². The lowest BCUT2D eigenvalue weighted by atomic mass is 10.1. The molecular weight excluding hydrogens is 349 g/mol. The minimum absolute atomic E-state index is 0.293. The molecule has 0 saturated carbocycles. The van der Waals surface area contributed by atoms with Crippen LogP contribution in [0.1, 0.15) is 23.0 Å². The van der Waals surface area contributed by atoms with Gasteiger partial charge in [0.1, 0.15) is 11.5 Å². The van der Waals surface area contributed by atoms with Crippen molar-refractivity contribution in [1.29, 1.82) is 0 Å². The first-order valence-electron chi connectivity index (χ1n) is 8.57. The highest BCUT2D eigenvalue weighted by Gasteiger charge is 2.15. The van der Waals surface area contributed by atoms with Crippen molar-refractivity contribution in [2.24, 2.45) is 5.73 Å². The van der Waals surface area contributed by atoms with Crippen LogP contribution in [0.25, 0.3) is 10.9 Å². The van der Waals surface area contributed by atoms with Gasteiger partial charge < -0.3 is 20.8 Å². The average molecular weight is 369 g/mol. The molecule has 0 aliphatic heterocycles. The molecule has 1 unspecified atom stereocenters. The number of hydrogen-bond donors (Lipinski definition) is 3. The number of benzene rings is 2. The van der Waals surface area contributed by atoms with Crippen molar-refractivity contribution in [3.63, 3.8) is 0 Å². The van der Waals surface area contributed by atoms with E-state index < -0.39 is 12.0 Å². The van der Waals surface area contributed by atoms with Gasteiger partial charge in [-0.1, -0.05) is 12.1 Å². The van der Waals surface area contributed by atoms with Crippen molar-refractivity contribution >= 4 is 28.5 Å². The molecule has 1 atom stereocenters. The Kier molecular flexibility index (Phi) is 5.52. The van der Waals surface area contributed by atoms with Gasteiger partial charge in [0.25, 0.3) is 0 Å². The van der Waals surface area contributed by atoms with E-state index in [1.54, 1.807) is 43.3 Å². The lowest BCUT2D eigenvalue weighted by Crippen LogP contribution is -2.37. The second kappa shape index (κ2) is 8.01. The molecule has 3 rings (SSSR count). The van der Waals surface area contributed by atoms with Crippen LogP contribution in [0.5, 0.6) is 0 Å². The summed E-state index contributed by atoms with van der Waals surface area (Å²) in [4.78, 5) is 27.1. The third kappa shape index (κ3) is 4.51. The molecule has 0 fully saturated rings. The smallest absolute Gasteiger partial charge is 0.354 e. The number of halogens is 1. The number of fused-ring (bicyclic) bond motifs is 1. The Labute approximate surface area is 155 Å². The lowest BCUT2D eigenvalue weighted by molar-refractivity contribution is -0.117. The summed E-state index contributed by atoms with van der Waals surface area (Å²) in [5.74, 6) is -1.11. The van der Waals surface area contributed by atoms with Crippen molar-refractivity contribution < 1.29 is 18.7 Å². The van der Waals surface area contributed by atoms with Crippen LogP contribution in [0.15, 0.2) is 48.5 Å². The second-order valence-corrected chi connectivity index (χ2v) is 6.13. The first-order chi connectivity index (χ1) is 13.0. The van der Waals surface area contributed by atoms with Crippen molar-refractivity contribution in [3.8, 4) is 0 Å². The van der Waals surface area contributed by atoms with E-state index in [0.29, 0.717) is 24.4 Å². The minimum atomic E-state index is -0.771. The first kappa shape index (κ1) is 18.6. The maximum Gasteiger partial charge on any atom is 0.354 e. The summed E-state index contributed by atoms with van der Waals surface area (Å²) in [5, 5.41) is 3.53. The molecule has 27 heavy (non-hydrogen) atoms. The van der Waals surface area contributed by atoms with Crippen LogP contribution in [0.2, 0.25) is 0 Å². The predicted octanol–water partition coefficient (Wildman–Crippen LogP) is 2.99. The Morgan fingerprint density at radius 3 is 2.63 bits per heavy atom. The van der Waals surface area contributed by atoms with Crippen LogP contribution in [-0.4, -0.2) is 29.5 Å². The highest BCUT2D eigenvalue weighted by molar-refractivity contribution is 5.99. The molecule has 1 amide bonds. The van der Waals surface area contributed by atoms with E-state index in [0.717, 1.165) is 16.5 Å². The molecule has 0 aliphatic rings. The zero-order chi connectivity index (χ0) is 19.4. The molecule has 140 valence electrons. The molecule has 1 heterocycles. The molecule has 0 saturated heterocycles.